The number of nitrogens with zero attached hydrogens (tertiary/aromatic N) is 3. The summed E-state index contributed by atoms with van der Waals surface area (Å²) in [5.74, 6) is 1.04. The van der Waals surface area contributed by atoms with E-state index in [4.69, 9.17) is 0 Å². The van der Waals surface area contributed by atoms with E-state index in [1.54, 1.807) is 0 Å². The van der Waals surface area contributed by atoms with Crippen molar-refractivity contribution in [1.29, 1.82) is 0 Å². The summed E-state index contributed by atoms with van der Waals surface area (Å²) in [5, 5.41) is 3.44. The van der Waals surface area contributed by atoms with Crippen LogP contribution in [-0.4, -0.2) is 40.6 Å². The zero-order chi connectivity index (χ0) is 15.0. The van der Waals surface area contributed by atoms with Crippen LogP contribution >= 0.6 is 0 Å². The molecule has 1 N–H and O–H groups in total. The normalized spacial score (nSPS) is 11.6. The highest BCUT2D eigenvalue weighted by Gasteiger charge is 2.06. The van der Waals surface area contributed by atoms with Gasteiger partial charge in [0, 0.05) is 25.3 Å². The quantitative estimate of drug-likeness (QED) is 0.666. The third kappa shape index (κ3) is 5.95. The largest absolute Gasteiger partial charge is 0.356 e. The Kier molecular flexibility index (Phi) is 7.67. The zero-order valence-electron chi connectivity index (χ0n) is 13.9. The molecule has 0 aliphatic carbocycles. The number of aryl methyl sites for hydroxylation is 2. The lowest BCUT2D eigenvalue weighted by molar-refractivity contribution is 0.266. The van der Waals surface area contributed by atoms with Gasteiger partial charge in [0.1, 0.15) is 0 Å². The van der Waals surface area contributed by atoms with Gasteiger partial charge in [-0.2, -0.15) is 0 Å². The maximum atomic E-state index is 4.57. The van der Waals surface area contributed by atoms with Gasteiger partial charge in [-0.3, -0.25) is 0 Å². The second-order valence-electron chi connectivity index (χ2n) is 5.96. The molecule has 0 aliphatic heterocycles. The van der Waals surface area contributed by atoms with Crippen LogP contribution in [0.1, 0.15) is 52.1 Å². The van der Waals surface area contributed by atoms with Crippen molar-refractivity contribution in [2.24, 2.45) is 0 Å². The van der Waals surface area contributed by atoms with Gasteiger partial charge in [-0.15, -0.1) is 0 Å². The van der Waals surface area contributed by atoms with Gasteiger partial charge in [0.2, 0.25) is 5.95 Å². The molecule has 0 radical (unpaired) electrons. The molecular formula is C16H32N4. The number of hydrogen-bond donors (Lipinski definition) is 1. The lowest BCUT2D eigenvalue weighted by atomic mass is 10.2. The Morgan fingerprint density at radius 3 is 2.70 bits per heavy atom. The predicted molar refractivity (Wildman–Crippen MR) is 87.4 cm³/mol. The van der Waals surface area contributed by atoms with E-state index in [2.05, 4.69) is 60.7 Å². The molecule has 0 fully saturated rings. The highest BCUT2D eigenvalue weighted by atomic mass is 15.2. The summed E-state index contributed by atoms with van der Waals surface area (Å²) >= 11 is 0. The van der Waals surface area contributed by atoms with Crippen molar-refractivity contribution in [2.75, 3.05) is 25.5 Å². The van der Waals surface area contributed by atoms with E-state index in [1.807, 2.05) is 0 Å². The van der Waals surface area contributed by atoms with Gasteiger partial charge in [0.15, 0.2) is 0 Å². The molecule has 0 aliphatic rings. The van der Waals surface area contributed by atoms with E-state index in [1.165, 1.54) is 32.2 Å². The lowest BCUT2D eigenvalue weighted by Gasteiger charge is -2.20. The number of rotatable bonds is 10. The van der Waals surface area contributed by atoms with E-state index in [0.29, 0.717) is 6.04 Å². The van der Waals surface area contributed by atoms with Crippen LogP contribution in [0.5, 0.6) is 0 Å². The summed E-state index contributed by atoms with van der Waals surface area (Å²) < 4.78 is 2.26. The minimum Gasteiger partial charge on any atom is -0.356 e. The van der Waals surface area contributed by atoms with Gasteiger partial charge in [-0.05, 0) is 53.6 Å². The average Bonchev–Trinajstić information content (AvgIpc) is 2.75. The molecule has 0 spiro atoms. The van der Waals surface area contributed by atoms with E-state index >= 15 is 0 Å². The first-order valence-corrected chi connectivity index (χ1v) is 8.02. The Hall–Kier alpha value is -1.03. The van der Waals surface area contributed by atoms with Gasteiger partial charge in [0.25, 0.3) is 0 Å². The number of aromatic nitrogens is 2. The average molecular weight is 280 g/mol. The topological polar surface area (TPSA) is 33.1 Å². The van der Waals surface area contributed by atoms with Crippen LogP contribution in [0.4, 0.5) is 5.95 Å². The third-order valence-electron chi connectivity index (χ3n) is 3.75. The first-order chi connectivity index (χ1) is 9.54. The Labute approximate surface area is 124 Å². The molecule has 20 heavy (non-hydrogen) atoms. The van der Waals surface area contributed by atoms with E-state index in [-0.39, 0.29) is 0 Å². The summed E-state index contributed by atoms with van der Waals surface area (Å²) in [6, 6.07) is 0.636. The SMILES string of the molecule is CCCCNc1nc(C)cn1CCCCN(C)C(C)C. The second kappa shape index (κ2) is 9.01. The third-order valence-corrected chi connectivity index (χ3v) is 3.75. The molecule has 0 atom stereocenters. The maximum Gasteiger partial charge on any atom is 0.203 e. The fraction of sp³-hybridized carbons (Fsp3) is 0.812. The monoisotopic (exact) mass is 280 g/mol. The number of unbranched alkanes of at least 4 members (excludes halogenated alkanes) is 2. The Bertz CT molecular complexity index is 371. The van der Waals surface area contributed by atoms with Crippen molar-refractivity contribution in [3.63, 3.8) is 0 Å². The first kappa shape index (κ1) is 17.0. The standard InChI is InChI=1S/C16H32N4/c1-6-7-10-17-16-18-15(4)13-20(16)12-9-8-11-19(5)14(2)3/h13-14H,6-12H2,1-5H3,(H,17,18). The molecule has 1 aromatic heterocycles. The highest BCUT2D eigenvalue weighted by Crippen LogP contribution is 2.10. The van der Waals surface area contributed by atoms with Gasteiger partial charge in [-0.1, -0.05) is 13.3 Å². The van der Waals surface area contributed by atoms with Crippen molar-refractivity contribution >= 4 is 5.95 Å². The number of anilines is 1. The van der Waals surface area contributed by atoms with E-state index in [9.17, 15) is 0 Å². The van der Waals surface area contributed by atoms with Crippen LogP contribution in [0.15, 0.2) is 6.20 Å². The highest BCUT2D eigenvalue weighted by molar-refractivity contribution is 5.28. The Morgan fingerprint density at radius 1 is 1.30 bits per heavy atom. The fourth-order valence-corrected chi connectivity index (χ4v) is 2.14. The second-order valence-corrected chi connectivity index (χ2v) is 5.96. The summed E-state index contributed by atoms with van der Waals surface area (Å²) in [5.41, 5.74) is 1.10. The van der Waals surface area contributed by atoms with Crippen molar-refractivity contribution in [1.82, 2.24) is 14.5 Å². The molecule has 1 rings (SSSR count). The smallest absolute Gasteiger partial charge is 0.203 e. The molecule has 0 amide bonds. The van der Waals surface area contributed by atoms with Gasteiger partial charge < -0.3 is 14.8 Å². The maximum absolute atomic E-state index is 4.57. The molecule has 0 saturated heterocycles. The summed E-state index contributed by atoms with van der Waals surface area (Å²) in [7, 11) is 2.20. The first-order valence-electron chi connectivity index (χ1n) is 8.02. The minimum atomic E-state index is 0.636. The van der Waals surface area contributed by atoms with E-state index in [0.717, 1.165) is 24.7 Å². The molecule has 0 bridgehead atoms. The molecule has 1 aromatic rings. The van der Waals surface area contributed by atoms with Crippen LogP contribution in [0.25, 0.3) is 0 Å². The van der Waals surface area contributed by atoms with Crippen molar-refractivity contribution < 1.29 is 0 Å². The van der Waals surface area contributed by atoms with Crippen LogP contribution in [-0.2, 0) is 6.54 Å². The summed E-state index contributed by atoms with van der Waals surface area (Å²) in [6.45, 7) is 12.0. The van der Waals surface area contributed by atoms with Crippen molar-refractivity contribution in [2.45, 2.75) is 66.0 Å². The molecule has 116 valence electrons. The van der Waals surface area contributed by atoms with Gasteiger partial charge in [-0.25, -0.2) is 4.98 Å². The predicted octanol–water partition coefficient (Wildman–Crippen LogP) is 3.52. The fourth-order valence-electron chi connectivity index (χ4n) is 2.14. The molecular weight excluding hydrogens is 248 g/mol. The molecule has 0 unspecified atom stereocenters. The molecule has 0 saturated carbocycles. The number of hydrogen-bond acceptors (Lipinski definition) is 3. The number of imidazole rings is 1. The molecule has 4 heteroatoms. The van der Waals surface area contributed by atoms with Gasteiger partial charge in [0.05, 0.1) is 5.69 Å². The Balaban J connectivity index is 2.35. The number of nitrogens with one attached hydrogen (secondary N) is 1. The zero-order valence-corrected chi connectivity index (χ0v) is 13.9. The van der Waals surface area contributed by atoms with Crippen molar-refractivity contribution in [3.05, 3.63) is 11.9 Å². The lowest BCUT2D eigenvalue weighted by Crippen LogP contribution is -2.27. The summed E-state index contributed by atoms with van der Waals surface area (Å²) in [6.07, 6.45) is 7.01. The molecule has 4 nitrogen and oxygen atoms in total. The summed E-state index contributed by atoms with van der Waals surface area (Å²) in [4.78, 5) is 6.97. The Morgan fingerprint density at radius 2 is 2.05 bits per heavy atom. The van der Waals surface area contributed by atoms with Gasteiger partial charge >= 0.3 is 0 Å². The molecule has 1 heterocycles. The minimum absolute atomic E-state index is 0.636. The van der Waals surface area contributed by atoms with Crippen LogP contribution < -0.4 is 5.32 Å². The molecule has 0 aromatic carbocycles. The van der Waals surface area contributed by atoms with Crippen LogP contribution in [0.2, 0.25) is 0 Å². The van der Waals surface area contributed by atoms with Crippen LogP contribution in [0, 0.1) is 6.92 Å². The van der Waals surface area contributed by atoms with Crippen LogP contribution in [0.3, 0.4) is 0 Å². The van der Waals surface area contributed by atoms with Crippen molar-refractivity contribution in [3.8, 4) is 0 Å². The van der Waals surface area contributed by atoms with E-state index < -0.39 is 0 Å².